The molecule has 0 atom stereocenters. The molecule has 2 rings (SSSR count). The van der Waals surface area contributed by atoms with Gasteiger partial charge < -0.3 is 9.68 Å². The number of fused-ring (bicyclic) bond motifs is 1. The van der Waals surface area contributed by atoms with Crippen LogP contribution in [0.5, 0.6) is 0 Å². The SMILES string of the molecule is CON(C)C(=O)c1ccc2c(c1)B(O)OC2. The minimum atomic E-state index is -0.935. The Labute approximate surface area is 93.7 Å². The van der Waals surface area contributed by atoms with E-state index >= 15 is 0 Å². The number of hydroxylamine groups is 2. The quantitative estimate of drug-likeness (QED) is 0.542. The average molecular weight is 221 g/mol. The summed E-state index contributed by atoms with van der Waals surface area (Å²) < 4.78 is 5.04. The van der Waals surface area contributed by atoms with Gasteiger partial charge in [0.2, 0.25) is 0 Å². The molecule has 1 aliphatic heterocycles. The predicted octanol–water partition coefficient (Wildman–Crippen LogP) is -0.462. The summed E-state index contributed by atoms with van der Waals surface area (Å²) in [7, 11) is 2.02. The number of carbonyl (C=O) groups excluding carboxylic acids is 1. The van der Waals surface area contributed by atoms with Crippen molar-refractivity contribution < 1.29 is 19.3 Å². The monoisotopic (exact) mass is 221 g/mol. The lowest BCUT2D eigenvalue weighted by molar-refractivity contribution is -0.0756. The number of hydrogen-bond acceptors (Lipinski definition) is 4. The topological polar surface area (TPSA) is 59.0 Å². The third-order valence-electron chi connectivity index (χ3n) is 2.62. The number of nitrogens with zero attached hydrogens (tertiary/aromatic N) is 1. The molecule has 1 heterocycles. The van der Waals surface area contributed by atoms with Gasteiger partial charge in [0.25, 0.3) is 5.91 Å². The molecule has 0 unspecified atom stereocenters. The second-order valence-corrected chi connectivity index (χ2v) is 3.56. The summed E-state index contributed by atoms with van der Waals surface area (Å²) in [5, 5.41) is 10.6. The number of rotatable bonds is 2. The lowest BCUT2D eigenvalue weighted by atomic mass is 9.79. The first-order valence-electron chi connectivity index (χ1n) is 4.88. The van der Waals surface area contributed by atoms with Crippen LogP contribution in [0, 0.1) is 0 Å². The van der Waals surface area contributed by atoms with Gasteiger partial charge in [0.1, 0.15) is 0 Å². The van der Waals surface area contributed by atoms with Gasteiger partial charge in [-0.2, -0.15) is 0 Å². The summed E-state index contributed by atoms with van der Waals surface area (Å²) in [6.45, 7) is 0.380. The number of amides is 1. The zero-order chi connectivity index (χ0) is 11.7. The maximum atomic E-state index is 11.8. The van der Waals surface area contributed by atoms with E-state index in [0.717, 1.165) is 10.6 Å². The molecule has 1 amide bonds. The van der Waals surface area contributed by atoms with Crippen molar-refractivity contribution in [2.24, 2.45) is 0 Å². The highest BCUT2D eigenvalue weighted by molar-refractivity contribution is 6.61. The van der Waals surface area contributed by atoms with Crippen LogP contribution in [-0.2, 0) is 16.1 Å². The zero-order valence-corrected chi connectivity index (χ0v) is 9.14. The first-order valence-corrected chi connectivity index (χ1v) is 4.88. The Morgan fingerprint density at radius 1 is 1.62 bits per heavy atom. The third-order valence-corrected chi connectivity index (χ3v) is 2.62. The second kappa shape index (κ2) is 4.25. The smallest absolute Gasteiger partial charge is 0.423 e. The molecule has 0 saturated carbocycles. The summed E-state index contributed by atoms with van der Waals surface area (Å²) in [6.07, 6.45) is 0. The molecule has 0 aliphatic carbocycles. The molecule has 0 radical (unpaired) electrons. The molecule has 0 bridgehead atoms. The highest BCUT2D eigenvalue weighted by atomic mass is 16.7. The molecule has 1 aromatic carbocycles. The van der Waals surface area contributed by atoms with Crippen LogP contribution >= 0.6 is 0 Å². The molecule has 1 aromatic rings. The van der Waals surface area contributed by atoms with Crippen molar-refractivity contribution in [3.05, 3.63) is 29.3 Å². The van der Waals surface area contributed by atoms with E-state index in [2.05, 4.69) is 0 Å². The molecule has 1 N–H and O–H groups in total. The highest BCUT2D eigenvalue weighted by Crippen LogP contribution is 2.12. The van der Waals surface area contributed by atoms with E-state index in [4.69, 9.17) is 9.49 Å². The normalized spacial score (nSPS) is 13.8. The van der Waals surface area contributed by atoms with Crippen molar-refractivity contribution in [3.63, 3.8) is 0 Å². The highest BCUT2D eigenvalue weighted by Gasteiger charge is 2.28. The molecule has 0 saturated heterocycles. The van der Waals surface area contributed by atoms with Crippen LogP contribution in [0.15, 0.2) is 18.2 Å². The molecule has 0 fully saturated rings. The molecule has 84 valence electrons. The lowest BCUT2D eigenvalue weighted by Gasteiger charge is -2.14. The Balaban J connectivity index is 2.31. The fraction of sp³-hybridized carbons (Fsp3) is 0.300. The minimum absolute atomic E-state index is 0.260. The largest absolute Gasteiger partial charge is 0.491 e. The van der Waals surface area contributed by atoms with Crippen molar-refractivity contribution in [1.29, 1.82) is 0 Å². The number of benzene rings is 1. The summed E-state index contributed by atoms with van der Waals surface area (Å²) in [4.78, 5) is 16.6. The van der Waals surface area contributed by atoms with Gasteiger partial charge in [0.15, 0.2) is 0 Å². The predicted molar refractivity (Wildman–Crippen MR) is 57.9 cm³/mol. The maximum absolute atomic E-state index is 11.8. The summed E-state index contributed by atoms with van der Waals surface area (Å²) in [5.41, 5.74) is 2.02. The average Bonchev–Trinajstić information content (AvgIpc) is 2.68. The van der Waals surface area contributed by atoms with Gasteiger partial charge >= 0.3 is 7.12 Å². The van der Waals surface area contributed by atoms with Gasteiger partial charge in [-0.15, -0.1) is 0 Å². The number of hydrogen-bond donors (Lipinski definition) is 1. The molecular weight excluding hydrogens is 209 g/mol. The Morgan fingerprint density at radius 2 is 2.38 bits per heavy atom. The van der Waals surface area contributed by atoms with Crippen molar-refractivity contribution in [3.8, 4) is 0 Å². The first-order chi connectivity index (χ1) is 7.63. The molecular formula is C10H12BNO4. The van der Waals surface area contributed by atoms with Crippen LogP contribution in [0.3, 0.4) is 0 Å². The number of carbonyl (C=O) groups is 1. The van der Waals surface area contributed by atoms with Gasteiger partial charge in [-0.1, -0.05) is 6.07 Å². The first kappa shape index (κ1) is 11.1. The van der Waals surface area contributed by atoms with Gasteiger partial charge in [-0.05, 0) is 23.2 Å². The van der Waals surface area contributed by atoms with E-state index in [1.807, 2.05) is 0 Å². The van der Waals surface area contributed by atoms with E-state index in [1.54, 1.807) is 18.2 Å². The summed E-state index contributed by atoms with van der Waals surface area (Å²) in [6, 6.07) is 5.10. The Kier molecular flexibility index (Phi) is 2.96. The van der Waals surface area contributed by atoms with Crippen LogP contribution in [0.1, 0.15) is 15.9 Å². The van der Waals surface area contributed by atoms with E-state index in [9.17, 15) is 9.82 Å². The maximum Gasteiger partial charge on any atom is 0.491 e. The van der Waals surface area contributed by atoms with Crippen LogP contribution in [0.2, 0.25) is 0 Å². The second-order valence-electron chi connectivity index (χ2n) is 3.56. The minimum Gasteiger partial charge on any atom is -0.423 e. The van der Waals surface area contributed by atoms with Gasteiger partial charge in [-0.25, -0.2) is 5.06 Å². The molecule has 6 heteroatoms. The molecule has 1 aliphatic rings. The van der Waals surface area contributed by atoms with Gasteiger partial charge in [-0.3, -0.25) is 9.63 Å². The lowest BCUT2D eigenvalue weighted by Crippen LogP contribution is -2.31. The summed E-state index contributed by atoms with van der Waals surface area (Å²) in [5.74, 6) is -0.260. The molecule has 16 heavy (non-hydrogen) atoms. The van der Waals surface area contributed by atoms with Crippen molar-refractivity contribution in [1.82, 2.24) is 5.06 Å². The summed E-state index contributed by atoms with van der Waals surface area (Å²) >= 11 is 0. The Bertz CT molecular complexity index is 423. The Hall–Kier alpha value is -1.37. The van der Waals surface area contributed by atoms with E-state index in [0.29, 0.717) is 17.6 Å². The van der Waals surface area contributed by atoms with Crippen molar-refractivity contribution in [2.75, 3.05) is 14.2 Å². The van der Waals surface area contributed by atoms with Crippen LogP contribution in [-0.4, -0.2) is 37.3 Å². The van der Waals surface area contributed by atoms with Gasteiger partial charge in [0.05, 0.1) is 13.7 Å². The van der Waals surface area contributed by atoms with Crippen molar-refractivity contribution in [2.45, 2.75) is 6.61 Å². The molecule has 0 spiro atoms. The van der Waals surface area contributed by atoms with E-state index < -0.39 is 7.12 Å². The Morgan fingerprint density at radius 3 is 3.06 bits per heavy atom. The van der Waals surface area contributed by atoms with E-state index in [1.165, 1.54) is 14.2 Å². The molecule has 0 aromatic heterocycles. The van der Waals surface area contributed by atoms with Crippen LogP contribution in [0.25, 0.3) is 0 Å². The van der Waals surface area contributed by atoms with Crippen LogP contribution in [0.4, 0.5) is 0 Å². The fourth-order valence-corrected chi connectivity index (χ4v) is 1.61. The van der Waals surface area contributed by atoms with Gasteiger partial charge in [0, 0.05) is 12.6 Å². The zero-order valence-electron chi connectivity index (χ0n) is 9.14. The third kappa shape index (κ3) is 1.82. The molecule has 5 nitrogen and oxygen atoms in total. The van der Waals surface area contributed by atoms with Crippen molar-refractivity contribution >= 4 is 18.5 Å². The van der Waals surface area contributed by atoms with E-state index in [-0.39, 0.29) is 5.91 Å². The van der Waals surface area contributed by atoms with Crippen LogP contribution < -0.4 is 5.46 Å². The fourth-order valence-electron chi connectivity index (χ4n) is 1.61. The standard InChI is InChI=1S/C10H12BNO4/c1-12(15-2)10(13)7-3-4-8-6-16-11(14)9(8)5-7/h3-5,14H,6H2,1-2H3.